The topological polar surface area (TPSA) is 118 Å². The molecule has 3 aromatic rings. The van der Waals surface area contributed by atoms with E-state index in [1.54, 1.807) is 6.20 Å². The number of halogens is 1. The lowest BCUT2D eigenvalue weighted by Crippen LogP contribution is -2.45. The molecule has 0 saturated heterocycles. The highest BCUT2D eigenvalue weighted by Crippen LogP contribution is 2.50. The van der Waals surface area contributed by atoms with Gasteiger partial charge in [-0.1, -0.05) is 0 Å². The number of aromatic nitrogens is 6. The van der Waals surface area contributed by atoms with E-state index in [1.807, 2.05) is 0 Å². The van der Waals surface area contributed by atoms with Crippen LogP contribution in [0.2, 0.25) is 0 Å². The molecule has 2 atom stereocenters. The average Bonchev–Trinajstić information content (AvgIpc) is 3.12. The van der Waals surface area contributed by atoms with Crippen LogP contribution < -0.4 is 0 Å². The number of carbonyl (C=O) groups is 1. The maximum absolute atomic E-state index is 13.6. The Balaban J connectivity index is 1.47. The zero-order valence-corrected chi connectivity index (χ0v) is 15.0. The van der Waals surface area contributed by atoms with E-state index in [0.717, 1.165) is 31.9 Å². The van der Waals surface area contributed by atoms with Crippen molar-refractivity contribution in [3.63, 3.8) is 0 Å². The van der Waals surface area contributed by atoms with Crippen molar-refractivity contribution in [2.24, 2.45) is 23.7 Å². The van der Waals surface area contributed by atoms with Crippen molar-refractivity contribution in [3.05, 3.63) is 30.0 Å². The van der Waals surface area contributed by atoms with Crippen LogP contribution in [0.15, 0.2) is 18.5 Å². The average molecular weight is 382 g/mol. The number of rotatable bonds is 4. The molecular formula is C19H19FN6O2. The van der Waals surface area contributed by atoms with Gasteiger partial charge in [-0.25, -0.2) is 14.4 Å². The van der Waals surface area contributed by atoms with Crippen LogP contribution in [0, 0.1) is 29.5 Å². The SMILES string of the molecule is O=C(O)C1C2CCC(CC2)C1Cc1cnnc(-c2[nH]nc3ncc(F)cc23)n1. The number of carboxylic acids is 1. The minimum absolute atomic E-state index is 0.0622. The summed E-state index contributed by atoms with van der Waals surface area (Å²) in [5, 5.41) is 25.2. The maximum Gasteiger partial charge on any atom is 0.307 e. The summed E-state index contributed by atoms with van der Waals surface area (Å²) in [7, 11) is 0. The molecule has 0 amide bonds. The second-order valence-electron chi connectivity index (χ2n) is 7.80. The fourth-order valence-electron chi connectivity index (χ4n) is 5.08. The lowest BCUT2D eigenvalue weighted by atomic mass is 9.57. The number of H-pyrrole nitrogens is 1. The number of pyridine rings is 1. The van der Waals surface area contributed by atoms with Gasteiger partial charge in [-0.05, 0) is 55.9 Å². The van der Waals surface area contributed by atoms with Crippen molar-refractivity contribution in [1.82, 2.24) is 30.4 Å². The molecule has 2 bridgehead atoms. The Morgan fingerprint density at radius 3 is 2.79 bits per heavy atom. The molecule has 9 heteroatoms. The molecule has 3 aliphatic carbocycles. The monoisotopic (exact) mass is 382 g/mol. The largest absolute Gasteiger partial charge is 0.481 e. The Morgan fingerprint density at radius 1 is 1.21 bits per heavy atom. The first-order valence-corrected chi connectivity index (χ1v) is 9.51. The van der Waals surface area contributed by atoms with Crippen molar-refractivity contribution in [3.8, 4) is 11.5 Å². The fraction of sp³-hybridized carbons (Fsp3) is 0.474. The third-order valence-electron chi connectivity index (χ3n) is 6.33. The van der Waals surface area contributed by atoms with Gasteiger partial charge < -0.3 is 5.11 Å². The highest BCUT2D eigenvalue weighted by Gasteiger charge is 2.47. The quantitative estimate of drug-likeness (QED) is 0.712. The van der Waals surface area contributed by atoms with Crippen molar-refractivity contribution >= 4 is 17.0 Å². The summed E-state index contributed by atoms with van der Waals surface area (Å²) < 4.78 is 13.6. The summed E-state index contributed by atoms with van der Waals surface area (Å²) in [6, 6.07) is 1.33. The number of aromatic amines is 1. The van der Waals surface area contributed by atoms with Gasteiger partial charge in [-0.15, -0.1) is 5.10 Å². The molecule has 0 radical (unpaired) electrons. The molecule has 0 aromatic carbocycles. The number of hydrogen-bond donors (Lipinski definition) is 2. The van der Waals surface area contributed by atoms with Gasteiger partial charge in [-0.2, -0.15) is 10.2 Å². The van der Waals surface area contributed by atoms with Crippen LogP contribution in [0.3, 0.4) is 0 Å². The zero-order valence-electron chi connectivity index (χ0n) is 15.0. The lowest BCUT2D eigenvalue weighted by Gasteiger charge is -2.46. The van der Waals surface area contributed by atoms with Crippen LogP contribution in [-0.4, -0.2) is 41.4 Å². The van der Waals surface area contributed by atoms with Gasteiger partial charge in [0.05, 0.1) is 29.4 Å². The molecule has 2 unspecified atom stereocenters. The van der Waals surface area contributed by atoms with E-state index in [2.05, 4.69) is 30.4 Å². The molecule has 28 heavy (non-hydrogen) atoms. The number of nitrogens with one attached hydrogen (secondary N) is 1. The van der Waals surface area contributed by atoms with Crippen molar-refractivity contribution in [2.45, 2.75) is 32.1 Å². The zero-order chi connectivity index (χ0) is 19.3. The van der Waals surface area contributed by atoms with E-state index in [1.165, 1.54) is 6.07 Å². The summed E-state index contributed by atoms with van der Waals surface area (Å²) in [6.45, 7) is 0. The van der Waals surface area contributed by atoms with E-state index in [4.69, 9.17) is 0 Å². The number of hydrogen-bond acceptors (Lipinski definition) is 6. The molecule has 2 N–H and O–H groups in total. The summed E-state index contributed by atoms with van der Waals surface area (Å²) >= 11 is 0. The lowest BCUT2D eigenvalue weighted by molar-refractivity contribution is -0.152. The highest BCUT2D eigenvalue weighted by molar-refractivity contribution is 5.88. The van der Waals surface area contributed by atoms with Gasteiger partial charge in [0.2, 0.25) is 5.82 Å². The first-order valence-electron chi connectivity index (χ1n) is 9.51. The van der Waals surface area contributed by atoms with E-state index in [0.29, 0.717) is 40.6 Å². The molecule has 3 heterocycles. The predicted octanol–water partition coefficient (Wildman–Crippen LogP) is 2.63. The van der Waals surface area contributed by atoms with Crippen molar-refractivity contribution in [2.75, 3.05) is 0 Å². The van der Waals surface area contributed by atoms with Gasteiger partial charge in [-0.3, -0.25) is 9.89 Å². The fourth-order valence-corrected chi connectivity index (χ4v) is 5.08. The summed E-state index contributed by atoms with van der Waals surface area (Å²) in [4.78, 5) is 20.4. The van der Waals surface area contributed by atoms with Crippen LogP contribution in [0.4, 0.5) is 4.39 Å². The van der Waals surface area contributed by atoms with E-state index >= 15 is 0 Å². The van der Waals surface area contributed by atoms with E-state index < -0.39 is 11.8 Å². The minimum atomic E-state index is -0.706. The van der Waals surface area contributed by atoms with E-state index in [9.17, 15) is 14.3 Å². The summed E-state index contributed by atoms with van der Waals surface area (Å²) in [5.74, 6) is -0.461. The third kappa shape index (κ3) is 2.81. The molecule has 0 aliphatic heterocycles. The number of aliphatic carboxylic acids is 1. The van der Waals surface area contributed by atoms with Crippen LogP contribution in [0.1, 0.15) is 31.4 Å². The molecular weight excluding hydrogens is 363 g/mol. The summed E-state index contributed by atoms with van der Waals surface area (Å²) in [6.07, 6.45) is 7.42. The Kier molecular flexibility index (Phi) is 4.03. The Bertz CT molecular complexity index is 1050. The normalized spacial score (nSPS) is 26.6. The number of fused-ring (bicyclic) bond motifs is 4. The van der Waals surface area contributed by atoms with Crippen molar-refractivity contribution in [1.29, 1.82) is 0 Å². The molecule has 3 aliphatic rings. The molecule has 0 spiro atoms. The predicted molar refractivity (Wildman–Crippen MR) is 96.4 cm³/mol. The van der Waals surface area contributed by atoms with Gasteiger partial charge >= 0.3 is 5.97 Å². The smallest absolute Gasteiger partial charge is 0.307 e. The molecule has 3 aromatic heterocycles. The van der Waals surface area contributed by atoms with Crippen LogP contribution in [0.5, 0.6) is 0 Å². The number of carboxylic acid groups (broad SMARTS) is 1. The molecule has 3 saturated carbocycles. The Hall–Kier alpha value is -2.97. The molecule has 3 fully saturated rings. The van der Waals surface area contributed by atoms with Gasteiger partial charge in [0.25, 0.3) is 0 Å². The molecule has 8 nitrogen and oxygen atoms in total. The molecule has 6 rings (SSSR count). The first-order chi connectivity index (χ1) is 13.6. The third-order valence-corrected chi connectivity index (χ3v) is 6.33. The van der Waals surface area contributed by atoms with Crippen LogP contribution in [-0.2, 0) is 11.2 Å². The second-order valence-corrected chi connectivity index (χ2v) is 7.80. The first kappa shape index (κ1) is 17.2. The molecule has 144 valence electrons. The van der Waals surface area contributed by atoms with E-state index in [-0.39, 0.29) is 17.8 Å². The maximum atomic E-state index is 13.6. The number of nitrogens with zero attached hydrogens (tertiary/aromatic N) is 5. The second kappa shape index (κ2) is 6.57. The van der Waals surface area contributed by atoms with Crippen molar-refractivity contribution < 1.29 is 14.3 Å². The van der Waals surface area contributed by atoms with Crippen LogP contribution >= 0.6 is 0 Å². The summed E-state index contributed by atoms with van der Waals surface area (Å²) in [5.41, 5.74) is 1.53. The standard InChI is InChI=1S/C19H19FN6O2/c20-11-5-14-16(24-26-17(14)21-7-11)18-23-12(8-22-25-18)6-13-9-1-3-10(4-2-9)15(13)19(27)28/h5,7-10,13,15H,1-4,6H2,(H,27,28)(H,21,24,26). The van der Waals surface area contributed by atoms with Gasteiger partial charge in [0.1, 0.15) is 11.5 Å². The minimum Gasteiger partial charge on any atom is -0.481 e. The Morgan fingerprint density at radius 2 is 2.00 bits per heavy atom. The highest BCUT2D eigenvalue weighted by atomic mass is 19.1. The van der Waals surface area contributed by atoms with Gasteiger partial charge in [0, 0.05) is 0 Å². The van der Waals surface area contributed by atoms with Crippen LogP contribution in [0.25, 0.3) is 22.6 Å². The Labute approximate surface area is 159 Å². The van der Waals surface area contributed by atoms with Gasteiger partial charge in [0.15, 0.2) is 5.65 Å².